The molecule has 0 fully saturated rings. The number of carbonyl (C=O) groups is 1. The smallest absolute Gasteiger partial charge is 0.330 e. The molecule has 0 bridgehead atoms. The Morgan fingerprint density at radius 2 is 2.16 bits per heavy atom. The van der Waals surface area contributed by atoms with E-state index in [1.54, 1.807) is 23.3 Å². The summed E-state index contributed by atoms with van der Waals surface area (Å²) in [5.74, 6) is -0.894. The van der Waals surface area contributed by atoms with Gasteiger partial charge in [-0.1, -0.05) is 37.3 Å². The van der Waals surface area contributed by atoms with Gasteiger partial charge >= 0.3 is 5.97 Å². The van der Waals surface area contributed by atoms with Crippen LogP contribution < -0.4 is 5.32 Å². The lowest BCUT2D eigenvalue weighted by Gasteiger charge is -2.31. The number of imidazole rings is 1. The first kappa shape index (κ1) is 13.3. The molecule has 0 radical (unpaired) electrons. The van der Waals surface area contributed by atoms with Crippen LogP contribution in [0.4, 0.5) is 0 Å². The predicted octanol–water partition coefficient (Wildman–Crippen LogP) is 1.47. The van der Waals surface area contributed by atoms with Crippen molar-refractivity contribution in [2.45, 2.75) is 19.0 Å². The maximum absolute atomic E-state index is 11.8. The molecule has 1 aromatic carbocycles. The molecular formula is C14H17N3O2. The largest absolute Gasteiger partial charge is 0.480 e. The number of rotatable bonds is 6. The van der Waals surface area contributed by atoms with E-state index in [0.717, 1.165) is 5.56 Å². The van der Waals surface area contributed by atoms with Crippen LogP contribution in [0.15, 0.2) is 49.1 Å². The number of hydrogen-bond donors (Lipinski definition) is 2. The second kappa shape index (κ2) is 5.67. The van der Waals surface area contributed by atoms with Gasteiger partial charge in [-0.05, 0) is 12.1 Å². The highest BCUT2D eigenvalue weighted by Gasteiger charge is 2.39. The maximum Gasteiger partial charge on any atom is 0.330 e. The summed E-state index contributed by atoms with van der Waals surface area (Å²) in [5.41, 5.74) is -0.408. The molecule has 5 heteroatoms. The van der Waals surface area contributed by atoms with Gasteiger partial charge in [0.15, 0.2) is 5.54 Å². The van der Waals surface area contributed by atoms with Crippen LogP contribution in [0.5, 0.6) is 0 Å². The first-order valence-corrected chi connectivity index (χ1v) is 6.18. The summed E-state index contributed by atoms with van der Waals surface area (Å²) >= 11 is 0. The van der Waals surface area contributed by atoms with Crippen molar-refractivity contribution in [3.63, 3.8) is 0 Å². The molecular weight excluding hydrogens is 242 g/mol. The lowest BCUT2D eigenvalue weighted by Crippen LogP contribution is -2.52. The summed E-state index contributed by atoms with van der Waals surface area (Å²) < 4.78 is 1.77. The fraction of sp³-hybridized carbons (Fsp3) is 0.286. The van der Waals surface area contributed by atoms with Crippen LogP contribution in [0.25, 0.3) is 0 Å². The van der Waals surface area contributed by atoms with E-state index in [4.69, 9.17) is 0 Å². The molecule has 5 nitrogen and oxygen atoms in total. The third kappa shape index (κ3) is 2.66. The van der Waals surface area contributed by atoms with Crippen molar-refractivity contribution in [1.29, 1.82) is 0 Å². The third-order valence-electron chi connectivity index (χ3n) is 3.09. The van der Waals surface area contributed by atoms with Crippen molar-refractivity contribution in [3.05, 3.63) is 54.6 Å². The van der Waals surface area contributed by atoms with Gasteiger partial charge in [0, 0.05) is 12.4 Å². The van der Waals surface area contributed by atoms with Crippen molar-refractivity contribution in [2.24, 2.45) is 0 Å². The Labute approximate surface area is 111 Å². The van der Waals surface area contributed by atoms with Gasteiger partial charge in [-0.25, -0.2) is 9.78 Å². The third-order valence-corrected chi connectivity index (χ3v) is 3.09. The minimum Gasteiger partial charge on any atom is -0.480 e. The summed E-state index contributed by atoms with van der Waals surface area (Å²) in [7, 11) is 0. The van der Waals surface area contributed by atoms with Crippen LogP contribution in [0.3, 0.4) is 0 Å². The molecule has 2 N–H and O–H groups in total. The van der Waals surface area contributed by atoms with Crippen molar-refractivity contribution in [2.75, 3.05) is 6.54 Å². The van der Waals surface area contributed by atoms with Gasteiger partial charge in [-0.2, -0.15) is 0 Å². The summed E-state index contributed by atoms with van der Waals surface area (Å²) in [4.78, 5) is 15.8. The Hall–Kier alpha value is -2.14. The Morgan fingerprint density at radius 1 is 1.42 bits per heavy atom. The van der Waals surface area contributed by atoms with Crippen LogP contribution in [0, 0.1) is 0 Å². The molecule has 0 aliphatic rings. The molecule has 100 valence electrons. The molecule has 0 saturated carbocycles. The fourth-order valence-electron chi connectivity index (χ4n) is 2.19. The summed E-state index contributed by atoms with van der Waals surface area (Å²) in [5, 5.41) is 12.8. The second-order valence-electron chi connectivity index (χ2n) is 4.34. The van der Waals surface area contributed by atoms with Crippen molar-refractivity contribution < 1.29 is 9.90 Å². The molecule has 0 spiro atoms. The number of nitrogens with zero attached hydrogens (tertiary/aromatic N) is 2. The van der Waals surface area contributed by atoms with Crippen LogP contribution in [0.1, 0.15) is 12.5 Å². The van der Waals surface area contributed by atoms with Gasteiger partial charge in [0.1, 0.15) is 0 Å². The van der Waals surface area contributed by atoms with Gasteiger partial charge in [0.25, 0.3) is 0 Å². The zero-order valence-corrected chi connectivity index (χ0v) is 10.8. The number of aliphatic carboxylic acids is 1. The number of carboxylic acid groups (broad SMARTS) is 1. The number of hydrogen-bond acceptors (Lipinski definition) is 3. The molecule has 19 heavy (non-hydrogen) atoms. The van der Waals surface area contributed by atoms with Gasteiger partial charge in [-0.3, -0.25) is 5.32 Å². The molecule has 0 aliphatic heterocycles. The zero-order chi connectivity index (χ0) is 13.7. The normalized spacial score (nSPS) is 13.9. The number of aromatic nitrogens is 2. The summed E-state index contributed by atoms with van der Waals surface area (Å²) in [6.07, 6.45) is 5.03. The van der Waals surface area contributed by atoms with E-state index in [9.17, 15) is 9.90 Å². The Kier molecular flexibility index (Phi) is 3.97. The molecule has 0 aliphatic carbocycles. The SMILES string of the molecule is CCNC(Cn1ccnc1)(C(=O)O)c1ccccc1. The average molecular weight is 259 g/mol. The number of likely N-dealkylation sites (N-methyl/N-ethyl adjacent to an activating group) is 1. The van der Waals surface area contributed by atoms with E-state index in [2.05, 4.69) is 10.3 Å². The van der Waals surface area contributed by atoms with E-state index >= 15 is 0 Å². The highest BCUT2D eigenvalue weighted by atomic mass is 16.4. The van der Waals surface area contributed by atoms with E-state index in [1.165, 1.54) is 0 Å². The van der Waals surface area contributed by atoms with Crippen LogP contribution in [0.2, 0.25) is 0 Å². The van der Waals surface area contributed by atoms with Gasteiger partial charge in [-0.15, -0.1) is 0 Å². The molecule has 2 aromatic rings. The maximum atomic E-state index is 11.8. The minimum absolute atomic E-state index is 0.292. The quantitative estimate of drug-likeness (QED) is 0.824. The first-order chi connectivity index (χ1) is 9.19. The molecule has 2 rings (SSSR count). The van der Waals surface area contributed by atoms with E-state index in [1.807, 2.05) is 37.3 Å². The van der Waals surface area contributed by atoms with Gasteiger partial charge in [0.2, 0.25) is 0 Å². The zero-order valence-electron chi connectivity index (χ0n) is 10.8. The summed E-state index contributed by atoms with van der Waals surface area (Å²) in [6.45, 7) is 2.75. The van der Waals surface area contributed by atoms with E-state index in [0.29, 0.717) is 13.1 Å². The average Bonchev–Trinajstić information content (AvgIpc) is 2.91. The lowest BCUT2D eigenvalue weighted by atomic mass is 9.89. The molecule has 1 aromatic heterocycles. The predicted molar refractivity (Wildman–Crippen MR) is 71.7 cm³/mol. The minimum atomic E-state index is -1.14. The number of nitrogens with one attached hydrogen (secondary N) is 1. The fourth-order valence-corrected chi connectivity index (χ4v) is 2.19. The monoisotopic (exact) mass is 259 g/mol. The number of benzene rings is 1. The molecule has 0 saturated heterocycles. The topological polar surface area (TPSA) is 67.2 Å². The van der Waals surface area contributed by atoms with Crippen LogP contribution in [-0.4, -0.2) is 27.2 Å². The molecule has 1 atom stereocenters. The molecule has 1 unspecified atom stereocenters. The second-order valence-corrected chi connectivity index (χ2v) is 4.34. The van der Waals surface area contributed by atoms with E-state index < -0.39 is 11.5 Å². The standard InChI is InChI=1S/C14H17N3O2/c1-2-16-14(13(18)19,10-17-9-8-15-11-17)12-6-4-3-5-7-12/h3-9,11,16H,2,10H2,1H3,(H,18,19). The lowest BCUT2D eigenvalue weighted by molar-refractivity contribution is -0.146. The van der Waals surface area contributed by atoms with Crippen molar-refractivity contribution in [1.82, 2.24) is 14.9 Å². The van der Waals surface area contributed by atoms with Crippen LogP contribution in [-0.2, 0) is 16.9 Å². The Bertz CT molecular complexity index is 525. The Balaban J connectivity index is 2.44. The number of carboxylic acids is 1. The molecule has 1 heterocycles. The highest BCUT2D eigenvalue weighted by molar-refractivity contribution is 5.80. The van der Waals surface area contributed by atoms with Crippen molar-refractivity contribution in [3.8, 4) is 0 Å². The van der Waals surface area contributed by atoms with Gasteiger partial charge < -0.3 is 9.67 Å². The highest BCUT2D eigenvalue weighted by Crippen LogP contribution is 2.24. The van der Waals surface area contributed by atoms with Crippen molar-refractivity contribution >= 4 is 5.97 Å². The Morgan fingerprint density at radius 3 is 2.68 bits per heavy atom. The summed E-state index contributed by atoms with van der Waals surface area (Å²) in [6, 6.07) is 9.22. The van der Waals surface area contributed by atoms with E-state index in [-0.39, 0.29) is 0 Å². The first-order valence-electron chi connectivity index (χ1n) is 6.18. The van der Waals surface area contributed by atoms with Crippen LogP contribution >= 0.6 is 0 Å². The molecule has 0 amide bonds. The van der Waals surface area contributed by atoms with Gasteiger partial charge in [0.05, 0.1) is 12.9 Å².